The molecule has 0 bridgehead atoms. The van der Waals surface area contributed by atoms with Gasteiger partial charge >= 0.3 is 0 Å². The zero-order chi connectivity index (χ0) is 19.0. The van der Waals surface area contributed by atoms with Crippen LogP contribution in [-0.4, -0.2) is 31.2 Å². The molecule has 2 aromatic carbocycles. The van der Waals surface area contributed by atoms with E-state index in [9.17, 15) is 4.79 Å². The van der Waals surface area contributed by atoms with Crippen molar-refractivity contribution in [3.63, 3.8) is 0 Å². The number of ketones is 1. The predicted molar refractivity (Wildman–Crippen MR) is 78.7 cm³/mol. The molecule has 2 rings (SSSR count). The Hall–Kier alpha value is -1.38. The average Bonchev–Trinajstić information content (AvgIpc) is 2.45. The second-order valence-corrected chi connectivity index (χ2v) is 3.70. The number of halogens is 1. The van der Waals surface area contributed by atoms with Crippen LogP contribution in [0.1, 0.15) is 27.7 Å². The number of carbonyl (C=O) groups excluding carboxylic acids is 1. The Balaban J connectivity index is 0.00000338. The highest BCUT2D eigenvalue weighted by Gasteiger charge is 2.09. The molecular formula is C15H18ClNO. The summed E-state index contributed by atoms with van der Waals surface area (Å²) in [6.45, 7) is -6.23. The summed E-state index contributed by atoms with van der Waals surface area (Å²) in [5.74, 6) is -0.561. The normalized spacial score (nSPS) is 18.3. The van der Waals surface area contributed by atoms with E-state index in [-0.39, 0.29) is 36.5 Å². The molecule has 0 aromatic heterocycles. The van der Waals surface area contributed by atoms with Crippen molar-refractivity contribution < 1.29 is 15.8 Å². The number of Topliss-reactive ketones (excluding diaryl/α,β-unsaturated/α-hetero) is 1. The summed E-state index contributed by atoms with van der Waals surface area (Å²) < 4.78 is 59.7. The Kier molecular flexibility index (Phi) is 2.43. The SMILES string of the molecule is Cl.[2H]c1cc2ccccc2c(C(=O)CCN(C([2H])([2H])[2H])C([2H])([2H])[2H])c1[2H]. The maximum Gasteiger partial charge on any atom is 0.164 e. The molecule has 18 heavy (non-hydrogen) atoms. The summed E-state index contributed by atoms with van der Waals surface area (Å²) in [5, 5.41) is 1.11. The first-order valence-electron chi connectivity index (χ1n) is 9.23. The number of hydrogen-bond donors (Lipinski definition) is 0. The zero-order valence-electron chi connectivity index (χ0n) is 17.6. The molecule has 3 heteroatoms. The van der Waals surface area contributed by atoms with Gasteiger partial charge in [-0.3, -0.25) is 4.79 Å². The van der Waals surface area contributed by atoms with E-state index in [2.05, 4.69) is 0 Å². The molecule has 0 aliphatic carbocycles. The van der Waals surface area contributed by atoms with Crippen LogP contribution in [0, 0.1) is 0 Å². The summed E-state index contributed by atoms with van der Waals surface area (Å²) in [4.78, 5) is 12.9. The van der Waals surface area contributed by atoms with Crippen LogP contribution in [-0.2, 0) is 0 Å². The number of carbonyl (C=O) groups is 1. The number of rotatable bonds is 4. The highest BCUT2D eigenvalue weighted by molar-refractivity contribution is 6.08. The number of benzene rings is 2. The van der Waals surface area contributed by atoms with Gasteiger partial charge in [-0.05, 0) is 24.7 Å². The Labute approximate surface area is 125 Å². The Morgan fingerprint density at radius 3 is 2.89 bits per heavy atom. The van der Waals surface area contributed by atoms with Crippen LogP contribution in [0.3, 0.4) is 0 Å². The molecule has 0 saturated carbocycles. The second kappa shape index (κ2) is 6.53. The van der Waals surface area contributed by atoms with Gasteiger partial charge in [-0.15, -0.1) is 12.4 Å². The molecule has 0 aliphatic heterocycles. The lowest BCUT2D eigenvalue weighted by molar-refractivity contribution is 0.0974. The van der Waals surface area contributed by atoms with Crippen LogP contribution in [0.15, 0.2) is 42.4 Å². The molecule has 0 fully saturated rings. The monoisotopic (exact) mass is 271 g/mol. The van der Waals surface area contributed by atoms with Gasteiger partial charge in [0.05, 0.1) is 2.74 Å². The van der Waals surface area contributed by atoms with Crippen LogP contribution in [0.2, 0.25) is 0 Å². The van der Waals surface area contributed by atoms with Crippen molar-refractivity contribution in [1.29, 1.82) is 0 Å². The molecule has 2 nitrogen and oxygen atoms in total. The third kappa shape index (κ3) is 3.31. The van der Waals surface area contributed by atoms with Crippen LogP contribution in [0.5, 0.6) is 0 Å². The second-order valence-electron chi connectivity index (χ2n) is 3.70. The van der Waals surface area contributed by atoms with Gasteiger partial charge in [0.2, 0.25) is 0 Å². The maximum atomic E-state index is 12.6. The van der Waals surface area contributed by atoms with Crippen molar-refractivity contribution in [2.45, 2.75) is 6.42 Å². The first kappa shape index (κ1) is 6.69. The van der Waals surface area contributed by atoms with Gasteiger partial charge in [0.1, 0.15) is 0 Å². The van der Waals surface area contributed by atoms with Gasteiger partial charge in [0.15, 0.2) is 5.78 Å². The quantitative estimate of drug-likeness (QED) is 0.795. The van der Waals surface area contributed by atoms with E-state index < -0.39 is 26.3 Å². The lowest BCUT2D eigenvalue weighted by Crippen LogP contribution is -2.16. The Morgan fingerprint density at radius 2 is 2.11 bits per heavy atom. The Morgan fingerprint density at radius 1 is 1.33 bits per heavy atom. The van der Waals surface area contributed by atoms with Crippen molar-refractivity contribution in [2.24, 2.45) is 0 Å². The van der Waals surface area contributed by atoms with Crippen LogP contribution in [0.4, 0.5) is 0 Å². The topological polar surface area (TPSA) is 20.3 Å². The zero-order valence-corrected chi connectivity index (χ0v) is 10.4. The average molecular weight is 272 g/mol. The number of fused-ring (bicyclic) bond motifs is 1. The fourth-order valence-corrected chi connectivity index (χ4v) is 1.66. The lowest BCUT2D eigenvalue weighted by atomic mass is 10.00. The molecule has 96 valence electrons. The van der Waals surface area contributed by atoms with E-state index in [1.165, 1.54) is 6.07 Å². The number of hydrogen-bond acceptors (Lipinski definition) is 2. The molecule has 0 N–H and O–H groups in total. The standard InChI is InChI=1S/C15H17NO.ClH/c1-16(2)11-10-15(17)14-9-5-7-12-6-3-4-8-13(12)14;/h3-9H,10-11H2,1-2H3;1H/i1D3,2D3,5D,9D;. The minimum Gasteiger partial charge on any atom is -0.309 e. The van der Waals surface area contributed by atoms with Gasteiger partial charge in [-0.25, -0.2) is 0 Å². The van der Waals surface area contributed by atoms with E-state index in [1.54, 1.807) is 24.3 Å². The van der Waals surface area contributed by atoms with Crippen molar-refractivity contribution >= 4 is 29.0 Å². The molecule has 2 aromatic rings. The minimum absolute atomic E-state index is 0. The molecule has 0 amide bonds. The summed E-state index contributed by atoms with van der Waals surface area (Å²) >= 11 is 0. The maximum absolute atomic E-state index is 12.6. The fourth-order valence-electron chi connectivity index (χ4n) is 1.66. The fraction of sp³-hybridized carbons (Fsp3) is 0.267. The van der Waals surface area contributed by atoms with Crippen LogP contribution in [0.25, 0.3) is 10.8 Å². The molecule has 0 unspecified atom stereocenters. The van der Waals surface area contributed by atoms with Crippen molar-refractivity contribution in [3.05, 3.63) is 48.0 Å². The largest absolute Gasteiger partial charge is 0.309 e. The third-order valence-electron chi connectivity index (χ3n) is 2.50. The first-order chi connectivity index (χ1) is 11.4. The van der Waals surface area contributed by atoms with E-state index in [1.807, 2.05) is 0 Å². The highest BCUT2D eigenvalue weighted by atomic mass is 35.5. The summed E-state index contributed by atoms with van der Waals surface area (Å²) in [5.41, 5.74) is 0.0131. The van der Waals surface area contributed by atoms with Crippen molar-refractivity contribution in [3.8, 4) is 0 Å². The van der Waals surface area contributed by atoms with Crippen molar-refractivity contribution in [2.75, 3.05) is 20.5 Å². The lowest BCUT2D eigenvalue weighted by Gasteiger charge is -2.09. The van der Waals surface area contributed by atoms with E-state index in [4.69, 9.17) is 11.0 Å². The van der Waals surface area contributed by atoms with Crippen LogP contribution >= 0.6 is 12.4 Å². The van der Waals surface area contributed by atoms with Gasteiger partial charge in [0, 0.05) is 26.8 Å². The van der Waals surface area contributed by atoms with Crippen LogP contribution < -0.4 is 0 Å². The molecule has 0 aliphatic rings. The Bertz CT molecular complexity index is 789. The summed E-state index contributed by atoms with van der Waals surface area (Å²) in [6, 6.07) is 7.89. The molecule has 0 spiro atoms. The molecular weight excluding hydrogens is 246 g/mol. The van der Waals surface area contributed by atoms with Gasteiger partial charge in [-0.2, -0.15) is 0 Å². The third-order valence-corrected chi connectivity index (χ3v) is 2.50. The molecule has 0 atom stereocenters. The molecule has 0 heterocycles. The molecule has 0 saturated heterocycles. The first-order valence-corrected chi connectivity index (χ1v) is 5.23. The van der Waals surface area contributed by atoms with Gasteiger partial charge in [-0.1, -0.05) is 42.4 Å². The van der Waals surface area contributed by atoms with E-state index in [0.717, 1.165) is 0 Å². The highest BCUT2D eigenvalue weighted by Crippen LogP contribution is 2.19. The summed E-state index contributed by atoms with van der Waals surface area (Å²) in [6.07, 6.45) is -0.379. The minimum atomic E-state index is -2.87. The van der Waals surface area contributed by atoms with Crippen molar-refractivity contribution in [1.82, 2.24) is 4.90 Å². The van der Waals surface area contributed by atoms with E-state index >= 15 is 0 Å². The molecule has 0 radical (unpaired) electrons. The summed E-state index contributed by atoms with van der Waals surface area (Å²) in [7, 11) is 0. The van der Waals surface area contributed by atoms with E-state index in [0.29, 0.717) is 15.7 Å². The van der Waals surface area contributed by atoms with Gasteiger partial charge < -0.3 is 4.90 Å². The number of nitrogens with zero attached hydrogens (tertiary/aromatic N) is 1. The smallest absolute Gasteiger partial charge is 0.164 e. The predicted octanol–water partition coefficient (Wildman–Crippen LogP) is 3.40. The van der Waals surface area contributed by atoms with Gasteiger partial charge in [0.25, 0.3) is 0 Å².